The molecule has 0 saturated carbocycles. The maximum atomic E-state index is 12.3. The molecule has 5 nitrogen and oxygen atoms in total. The summed E-state index contributed by atoms with van der Waals surface area (Å²) in [6, 6.07) is 11.5. The molecule has 1 heterocycles. The van der Waals surface area contributed by atoms with Gasteiger partial charge in [-0.05, 0) is 31.2 Å². The Labute approximate surface area is 170 Å². The quantitative estimate of drug-likeness (QED) is 0.590. The number of aromatic nitrogens is 1. The first-order valence-corrected chi connectivity index (χ1v) is 11.4. The molecule has 0 spiro atoms. The fourth-order valence-corrected chi connectivity index (χ4v) is 5.78. The van der Waals surface area contributed by atoms with Gasteiger partial charge in [0.05, 0.1) is 25.9 Å². The zero-order chi connectivity index (χ0) is 19.6. The zero-order valence-electron chi connectivity index (χ0n) is 14.4. The molecule has 27 heavy (non-hydrogen) atoms. The number of nitrogens with zero attached hydrogens (tertiary/aromatic N) is 2. The largest absolute Gasteiger partial charge is 0.315 e. The summed E-state index contributed by atoms with van der Waals surface area (Å²) in [6.45, 7) is 2.48. The second-order valence-electron chi connectivity index (χ2n) is 5.75. The molecule has 1 amide bonds. The second-order valence-corrected chi connectivity index (χ2v) is 9.71. The lowest BCUT2D eigenvalue weighted by atomic mass is 10.3. The molecule has 142 valence electrons. The Morgan fingerprint density at radius 1 is 1.19 bits per heavy atom. The van der Waals surface area contributed by atoms with Gasteiger partial charge in [-0.3, -0.25) is 4.79 Å². The topological polar surface area (TPSA) is 68.5 Å². The van der Waals surface area contributed by atoms with Crippen molar-refractivity contribution in [2.24, 2.45) is 4.99 Å². The van der Waals surface area contributed by atoms with Crippen LogP contribution in [-0.4, -0.2) is 24.6 Å². The smallest absolute Gasteiger partial charge is 0.249 e. The lowest BCUT2D eigenvalue weighted by Gasteiger charge is -2.03. The van der Waals surface area contributed by atoms with E-state index in [1.807, 2.05) is 11.5 Å². The third kappa shape index (κ3) is 4.43. The van der Waals surface area contributed by atoms with E-state index in [0.29, 0.717) is 21.4 Å². The minimum absolute atomic E-state index is 0.191. The van der Waals surface area contributed by atoms with Crippen molar-refractivity contribution in [1.29, 1.82) is 0 Å². The summed E-state index contributed by atoms with van der Waals surface area (Å²) in [5.41, 5.74) is 0.761. The molecule has 0 N–H and O–H groups in total. The monoisotopic (exact) mass is 442 g/mol. The molecule has 0 unspecified atom stereocenters. The fraction of sp³-hybridized carbons (Fsp3) is 0.222. The molecule has 2 aromatic carbocycles. The van der Waals surface area contributed by atoms with Gasteiger partial charge in [0.1, 0.15) is 0 Å². The fourth-order valence-electron chi connectivity index (χ4n) is 2.64. The number of hydrogen-bond acceptors (Lipinski definition) is 4. The molecule has 0 aliphatic carbocycles. The molecule has 0 fully saturated rings. The minimum atomic E-state index is -3.52. The van der Waals surface area contributed by atoms with Crippen LogP contribution in [-0.2, 0) is 21.2 Å². The molecule has 3 aromatic rings. The first-order valence-electron chi connectivity index (χ1n) is 8.15. The molecule has 0 aliphatic rings. The van der Waals surface area contributed by atoms with E-state index in [2.05, 4.69) is 4.99 Å². The number of thiazole rings is 1. The predicted molar refractivity (Wildman–Crippen MR) is 109 cm³/mol. The average molecular weight is 443 g/mol. The highest BCUT2D eigenvalue weighted by Crippen LogP contribution is 2.29. The van der Waals surface area contributed by atoms with Crippen molar-refractivity contribution >= 4 is 60.5 Å². The van der Waals surface area contributed by atoms with E-state index < -0.39 is 15.7 Å². The number of hydrogen-bond donors (Lipinski definition) is 0. The van der Waals surface area contributed by atoms with Gasteiger partial charge >= 0.3 is 0 Å². The molecule has 0 bridgehead atoms. The van der Waals surface area contributed by atoms with Crippen molar-refractivity contribution in [3.05, 3.63) is 57.3 Å². The van der Waals surface area contributed by atoms with E-state index in [-0.39, 0.29) is 17.1 Å². The lowest BCUT2D eigenvalue weighted by molar-refractivity contribution is -0.117. The molecule has 0 radical (unpaired) electrons. The Morgan fingerprint density at radius 3 is 2.56 bits per heavy atom. The van der Waals surface area contributed by atoms with Crippen LogP contribution in [0.2, 0.25) is 10.0 Å². The van der Waals surface area contributed by atoms with E-state index >= 15 is 0 Å². The number of carbonyl (C=O) groups is 1. The Balaban J connectivity index is 1.89. The number of sulfone groups is 1. The van der Waals surface area contributed by atoms with Crippen molar-refractivity contribution in [3.63, 3.8) is 0 Å². The molecule has 0 saturated heterocycles. The van der Waals surface area contributed by atoms with Gasteiger partial charge in [0.25, 0.3) is 0 Å². The summed E-state index contributed by atoms with van der Waals surface area (Å²) >= 11 is 13.6. The highest BCUT2D eigenvalue weighted by atomic mass is 35.5. The number of aryl methyl sites for hydroxylation is 1. The third-order valence-corrected chi connectivity index (χ3v) is 7.18. The first kappa shape index (κ1) is 20.1. The molecule has 9 heteroatoms. The average Bonchev–Trinajstić information content (AvgIpc) is 2.98. The van der Waals surface area contributed by atoms with Crippen LogP contribution in [0.4, 0.5) is 0 Å². The van der Waals surface area contributed by atoms with Crippen molar-refractivity contribution in [3.8, 4) is 0 Å². The van der Waals surface area contributed by atoms with Crippen LogP contribution in [0, 0.1) is 0 Å². The molecular weight excluding hydrogens is 427 g/mol. The Kier molecular flexibility index (Phi) is 6.05. The zero-order valence-corrected chi connectivity index (χ0v) is 17.5. The van der Waals surface area contributed by atoms with Gasteiger partial charge in [0, 0.05) is 18.0 Å². The van der Waals surface area contributed by atoms with Crippen molar-refractivity contribution in [1.82, 2.24) is 4.57 Å². The van der Waals surface area contributed by atoms with Crippen LogP contribution in [0.15, 0.2) is 52.4 Å². The summed E-state index contributed by atoms with van der Waals surface area (Å²) in [4.78, 5) is 17.1. The molecule has 3 rings (SSSR count). The Bertz CT molecular complexity index is 1170. The predicted octanol–water partition coefficient (Wildman–Crippen LogP) is 4.32. The van der Waals surface area contributed by atoms with Gasteiger partial charge in [-0.15, -0.1) is 0 Å². The number of rotatable bonds is 5. The van der Waals surface area contributed by atoms with Crippen molar-refractivity contribution in [2.75, 3.05) is 5.75 Å². The Morgan fingerprint density at radius 2 is 1.89 bits per heavy atom. The third-order valence-electron chi connectivity index (χ3n) is 3.92. The van der Waals surface area contributed by atoms with E-state index in [1.165, 1.54) is 23.5 Å². The van der Waals surface area contributed by atoms with Crippen LogP contribution >= 0.6 is 34.5 Å². The van der Waals surface area contributed by atoms with E-state index in [1.54, 1.807) is 30.3 Å². The maximum Gasteiger partial charge on any atom is 0.249 e. The highest BCUT2D eigenvalue weighted by Gasteiger charge is 2.16. The van der Waals surface area contributed by atoms with Gasteiger partial charge in [-0.1, -0.05) is 52.7 Å². The number of halogens is 2. The van der Waals surface area contributed by atoms with Crippen LogP contribution in [0.5, 0.6) is 0 Å². The van der Waals surface area contributed by atoms with Crippen LogP contribution < -0.4 is 4.80 Å². The van der Waals surface area contributed by atoms with E-state index in [9.17, 15) is 13.2 Å². The summed E-state index contributed by atoms with van der Waals surface area (Å²) in [7, 11) is -3.52. The first-order chi connectivity index (χ1) is 12.8. The molecule has 0 aliphatic heterocycles. The standard InChI is InChI=1S/C18H16Cl2N2O3S2/c1-2-22-17-14(20)10-12(19)11-15(17)26-18(22)21-16(23)8-9-27(24,25)13-6-4-3-5-7-13/h3-7,10-11H,2,8-9H2,1H3. The minimum Gasteiger partial charge on any atom is -0.315 e. The number of benzene rings is 2. The normalized spacial score (nSPS) is 12.6. The summed E-state index contributed by atoms with van der Waals surface area (Å²) in [5.74, 6) is -0.784. The molecule has 1 aromatic heterocycles. The van der Waals surface area contributed by atoms with Crippen LogP contribution in [0.1, 0.15) is 13.3 Å². The van der Waals surface area contributed by atoms with E-state index in [4.69, 9.17) is 23.2 Å². The molecule has 0 atom stereocenters. The summed E-state index contributed by atoms with van der Waals surface area (Å²) in [5, 5.41) is 0.986. The van der Waals surface area contributed by atoms with Crippen LogP contribution in [0.25, 0.3) is 10.2 Å². The maximum absolute atomic E-state index is 12.3. The van der Waals surface area contributed by atoms with Gasteiger partial charge in [-0.2, -0.15) is 4.99 Å². The van der Waals surface area contributed by atoms with Gasteiger partial charge in [0.2, 0.25) is 5.91 Å². The van der Waals surface area contributed by atoms with Crippen molar-refractivity contribution < 1.29 is 13.2 Å². The Hall–Kier alpha value is -1.67. The summed E-state index contributed by atoms with van der Waals surface area (Å²) < 4.78 is 27.3. The molecular formula is C18H16Cl2N2O3S2. The van der Waals surface area contributed by atoms with Gasteiger partial charge in [-0.25, -0.2) is 8.42 Å². The lowest BCUT2D eigenvalue weighted by Crippen LogP contribution is -2.17. The number of carbonyl (C=O) groups excluding carboxylic acids is 1. The van der Waals surface area contributed by atoms with Crippen molar-refractivity contribution in [2.45, 2.75) is 24.8 Å². The number of amides is 1. The van der Waals surface area contributed by atoms with Gasteiger partial charge in [0.15, 0.2) is 14.6 Å². The SMILES string of the molecule is CCn1c(=NC(=O)CCS(=O)(=O)c2ccccc2)sc2cc(Cl)cc(Cl)c21. The van der Waals surface area contributed by atoms with Gasteiger partial charge < -0.3 is 4.57 Å². The van der Waals surface area contributed by atoms with E-state index in [0.717, 1.165) is 10.2 Å². The number of fused-ring (bicyclic) bond motifs is 1. The highest BCUT2D eigenvalue weighted by molar-refractivity contribution is 7.91. The van der Waals surface area contributed by atoms with Crippen LogP contribution in [0.3, 0.4) is 0 Å². The second kappa shape index (κ2) is 8.14. The summed E-state index contributed by atoms with van der Waals surface area (Å²) in [6.07, 6.45) is -0.191.